The number of methoxy groups -OCH3 is 1. The normalized spacial score (nSPS) is 10.3. The van der Waals surface area contributed by atoms with Crippen LogP contribution in [-0.2, 0) is 4.74 Å². The van der Waals surface area contributed by atoms with E-state index in [1.54, 1.807) is 12.3 Å². The maximum Gasteiger partial charge on any atom is 0.354 e. The van der Waals surface area contributed by atoms with Gasteiger partial charge in [-0.15, -0.1) is 0 Å². The van der Waals surface area contributed by atoms with Crippen LogP contribution in [-0.4, -0.2) is 17.6 Å². The molecule has 1 rings (SSSR count). The molecule has 3 heteroatoms. The van der Waals surface area contributed by atoms with Crippen molar-refractivity contribution >= 4 is 5.97 Å². The largest absolute Gasteiger partial charge is 0.464 e. The van der Waals surface area contributed by atoms with Crippen molar-refractivity contribution in [3.05, 3.63) is 24.0 Å². The Bertz CT molecular complexity index is 276. The zero-order chi connectivity index (χ0) is 9.14. The molecule has 0 aliphatic heterocycles. The van der Waals surface area contributed by atoms with Crippen LogP contribution in [0.1, 0.15) is 30.4 Å². The maximum absolute atomic E-state index is 11.1. The molecular formula is C9H12NO2. The molecule has 1 aromatic rings. The molecule has 3 nitrogen and oxygen atoms in total. The van der Waals surface area contributed by atoms with E-state index in [4.69, 9.17) is 0 Å². The third-order valence-electron chi connectivity index (χ3n) is 1.66. The topological polar surface area (TPSA) is 31.2 Å². The summed E-state index contributed by atoms with van der Waals surface area (Å²) in [7, 11) is 1.38. The summed E-state index contributed by atoms with van der Waals surface area (Å²) in [4.78, 5) is 11.1. The van der Waals surface area contributed by atoms with Crippen molar-refractivity contribution in [2.24, 2.45) is 0 Å². The Morgan fingerprint density at radius 3 is 2.83 bits per heavy atom. The van der Waals surface area contributed by atoms with Crippen LogP contribution in [0.5, 0.6) is 0 Å². The number of carbonyl (C=O) groups excluding carboxylic acids is 1. The van der Waals surface area contributed by atoms with E-state index in [-0.39, 0.29) is 12.0 Å². The summed E-state index contributed by atoms with van der Waals surface area (Å²) in [5.74, 6) is -0.315. The van der Waals surface area contributed by atoms with E-state index >= 15 is 0 Å². The van der Waals surface area contributed by atoms with Gasteiger partial charge in [-0.25, -0.2) is 4.79 Å². The van der Waals surface area contributed by atoms with E-state index in [0.29, 0.717) is 5.69 Å². The highest BCUT2D eigenvalue weighted by Gasteiger charge is 2.11. The summed E-state index contributed by atoms with van der Waals surface area (Å²) in [6.07, 6.45) is 1.75. The van der Waals surface area contributed by atoms with Gasteiger partial charge in [-0.1, -0.05) is 0 Å². The molecule has 0 N–H and O–H groups in total. The molecule has 0 spiro atoms. The minimum absolute atomic E-state index is 0.255. The van der Waals surface area contributed by atoms with Crippen LogP contribution in [0.15, 0.2) is 12.3 Å². The molecule has 1 aromatic heterocycles. The summed E-state index contributed by atoms with van der Waals surface area (Å²) >= 11 is 0. The molecule has 65 valence electrons. The molecule has 0 saturated heterocycles. The van der Waals surface area contributed by atoms with Crippen molar-refractivity contribution in [1.29, 1.82) is 0 Å². The second-order valence-electron chi connectivity index (χ2n) is 2.82. The molecule has 0 aromatic carbocycles. The highest BCUT2D eigenvalue weighted by molar-refractivity contribution is 5.87. The van der Waals surface area contributed by atoms with Gasteiger partial charge in [0.1, 0.15) is 5.69 Å². The Morgan fingerprint density at radius 2 is 2.33 bits per heavy atom. The highest BCUT2D eigenvalue weighted by Crippen LogP contribution is 2.10. The Hall–Kier alpha value is -1.25. The first kappa shape index (κ1) is 8.84. The summed E-state index contributed by atoms with van der Waals surface area (Å²) in [5.41, 5.74) is 0.549. The fourth-order valence-electron chi connectivity index (χ4n) is 1.04. The van der Waals surface area contributed by atoms with Crippen molar-refractivity contribution in [3.8, 4) is 0 Å². The van der Waals surface area contributed by atoms with Crippen LogP contribution < -0.4 is 0 Å². The van der Waals surface area contributed by atoms with Crippen molar-refractivity contribution in [3.63, 3.8) is 0 Å². The van der Waals surface area contributed by atoms with Crippen molar-refractivity contribution in [2.45, 2.75) is 19.9 Å². The van der Waals surface area contributed by atoms with Gasteiger partial charge in [0, 0.05) is 18.3 Å². The molecule has 0 unspecified atom stereocenters. The number of hydrogen-bond acceptors (Lipinski definition) is 2. The van der Waals surface area contributed by atoms with Crippen LogP contribution in [0.25, 0.3) is 0 Å². The Morgan fingerprint density at radius 1 is 1.67 bits per heavy atom. The molecule has 0 amide bonds. The summed E-state index contributed by atoms with van der Waals surface area (Å²) in [5, 5.41) is 0. The Labute approximate surface area is 72.0 Å². The quantitative estimate of drug-likeness (QED) is 0.625. The maximum atomic E-state index is 11.1. The predicted octanol–water partition coefficient (Wildman–Crippen LogP) is 1.66. The van der Waals surface area contributed by atoms with Gasteiger partial charge in [-0.3, -0.25) is 0 Å². The SMILES string of the molecule is COC(=O)c1c[c]cn1C(C)C. The molecule has 1 heterocycles. The summed E-state index contributed by atoms with van der Waals surface area (Å²) in [6.45, 7) is 4.00. The first-order valence-corrected chi connectivity index (χ1v) is 3.83. The monoisotopic (exact) mass is 166 g/mol. The zero-order valence-corrected chi connectivity index (χ0v) is 7.50. The molecule has 12 heavy (non-hydrogen) atoms. The number of hydrogen-bond donors (Lipinski definition) is 0. The van der Waals surface area contributed by atoms with Gasteiger partial charge in [-0.05, 0) is 19.9 Å². The molecule has 0 aliphatic carbocycles. The lowest BCUT2D eigenvalue weighted by atomic mass is 10.3. The smallest absolute Gasteiger partial charge is 0.354 e. The molecule has 0 fully saturated rings. The molecule has 0 aliphatic rings. The lowest BCUT2D eigenvalue weighted by molar-refractivity contribution is 0.0587. The van der Waals surface area contributed by atoms with Gasteiger partial charge in [0.15, 0.2) is 0 Å². The number of ether oxygens (including phenoxy) is 1. The van der Waals surface area contributed by atoms with Gasteiger partial charge in [-0.2, -0.15) is 0 Å². The first-order chi connectivity index (χ1) is 5.66. The van der Waals surface area contributed by atoms with Crippen LogP contribution in [0.4, 0.5) is 0 Å². The van der Waals surface area contributed by atoms with E-state index < -0.39 is 0 Å². The van der Waals surface area contributed by atoms with E-state index in [2.05, 4.69) is 10.8 Å². The van der Waals surface area contributed by atoms with E-state index in [9.17, 15) is 4.79 Å². The number of rotatable bonds is 2. The average molecular weight is 166 g/mol. The lowest BCUT2D eigenvalue weighted by Gasteiger charge is -2.10. The molecular weight excluding hydrogens is 154 g/mol. The van der Waals surface area contributed by atoms with Gasteiger partial charge in [0.05, 0.1) is 7.11 Å². The Kier molecular flexibility index (Phi) is 2.53. The predicted molar refractivity (Wildman–Crippen MR) is 45.0 cm³/mol. The third-order valence-corrected chi connectivity index (χ3v) is 1.66. The van der Waals surface area contributed by atoms with Crippen molar-refractivity contribution < 1.29 is 9.53 Å². The van der Waals surface area contributed by atoms with Crippen LogP contribution in [0.3, 0.4) is 0 Å². The lowest BCUT2D eigenvalue weighted by Crippen LogP contribution is -2.11. The number of carbonyl (C=O) groups is 1. The van der Waals surface area contributed by atoms with E-state index in [1.807, 2.05) is 18.4 Å². The molecule has 1 radical (unpaired) electrons. The van der Waals surface area contributed by atoms with Gasteiger partial charge in [0.25, 0.3) is 0 Å². The average Bonchev–Trinajstić information content (AvgIpc) is 2.50. The van der Waals surface area contributed by atoms with Gasteiger partial charge in [0.2, 0.25) is 0 Å². The fraction of sp³-hybridized carbons (Fsp3) is 0.444. The van der Waals surface area contributed by atoms with Crippen molar-refractivity contribution in [1.82, 2.24) is 4.57 Å². The number of nitrogens with zero attached hydrogens (tertiary/aromatic N) is 1. The standard InChI is InChI=1S/C9H12NO2/c1-7(2)10-6-4-5-8(10)9(11)12-3/h5-7H,1-3H3. The van der Waals surface area contributed by atoms with Gasteiger partial charge >= 0.3 is 5.97 Å². The zero-order valence-electron chi connectivity index (χ0n) is 7.50. The summed E-state index contributed by atoms with van der Waals surface area (Å²) in [6, 6.07) is 4.74. The van der Waals surface area contributed by atoms with Crippen LogP contribution in [0, 0.1) is 6.07 Å². The minimum Gasteiger partial charge on any atom is -0.464 e. The summed E-state index contributed by atoms with van der Waals surface area (Å²) < 4.78 is 6.43. The minimum atomic E-state index is -0.315. The number of esters is 1. The van der Waals surface area contributed by atoms with E-state index in [1.165, 1.54) is 7.11 Å². The first-order valence-electron chi connectivity index (χ1n) is 3.83. The van der Waals surface area contributed by atoms with Crippen molar-refractivity contribution in [2.75, 3.05) is 7.11 Å². The third kappa shape index (κ3) is 1.49. The molecule has 0 atom stereocenters. The fourth-order valence-corrected chi connectivity index (χ4v) is 1.04. The second-order valence-corrected chi connectivity index (χ2v) is 2.82. The molecule has 0 bridgehead atoms. The number of aromatic nitrogens is 1. The Balaban J connectivity index is 2.99. The molecule has 0 saturated carbocycles. The van der Waals surface area contributed by atoms with Crippen LogP contribution in [0.2, 0.25) is 0 Å². The van der Waals surface area contributed by atoms with Gasteiger partial charge < -0.3 is 9.30 Å². The van der Waals surface area contributed by atoms with Crippen LogP contribution >= 0.6 is 0 Å². The second kappa shape index (κ2) is 3.43. The highest BCUT2D eigenvalue weighted by atomic mass is 16.5. The van der Waals surface area contributed by atoms with E-state index in [0.717, 1.165) is 0 Å².